The van der Waals surface area contributed by atoms with Gasteiger partial charge < -0.3 is 10.6 Å². The zero-order valence-corrected chi connectivity index (χ0v) is 18.3. The summed E-state index contributed by atoms with van der Waals surface area (Å²) >= 11 is 2.86. The summed E-state index contributed by atoms with van der Waals surface area (Å²) in [5.41, 5.74) is 6.46. The molecule has 146 valence electrons. The van der Waals surface area contributed by atoms with Crippen LogP contribution in [0.25, 0.3) is 0 Å². The Morgan fingerprint density at radius 1 is 1.00 bits per heavy atom. The minimum Gasteiger partial charge on any atom is -0.330 e. The maximum atomic E-state index is 12.6. The first-order valence-electron chi connectivity index (χ1n) is 9.05. The standard InChI is InChI=1S/C21H24N4OS2/c1-12-9-10-17(11-15(12)4)22-20-24-25-21(28-20)27-16(5)19(26)23-18-13(2)7-6-8-14(18)3/h6-11,16H,1-5H3,(H,22,24)(H,23,26). The van der Waals surface area contributed by atoms with Crippen molar-refractivity contribution in [1.82, 2.24) is 10.2 Å². The number of carbonyl (C=O) groups excluding carboxylic acids is 1. The van der Waals surface area contributed by atoms with Gasteiger partial charge in [-0.25, -0.2) is 0 Å². The monoisotopic (exact) mass is 412 g/mol. The van der Waals surface area contributed by atoms with Crippen LogP contribution < -0.4 is 10.6 Å². The summed E-state index contributed by atoms with van der Waals surface area (Å²) in [6.45, 7) is 10.0. The van der Waals surface area contributed by atoms with E-state index in [-0.39, 0.29) is 11.2 Å². The lowest BCUT2D eigenvalue weighted by molar-refractivity contribution is -0.115. The molecule has 0 bridgehead atoms. The summed E-state index contributed by atoms with van der Waals surface area (Å²) in [7, 11) is 0. The van der Waals surface area contributed by atoms with E-state index >= 15 is 0 Å². The van der Waals surface area contributed by atoms with E-state index in [9.17, 15) is 4.79 Å². The molecule has 1 atom stereocenters. The first-order chi connectivity index (χ1) is 13.3. The van der Waals surface area contributed by atoms with Crippen LogP contribution in [0.2, 0.25) is 0 Å². The molecule has 1 aromatic heterocycles. The van der Waals surface area contributed by atoms with Gasteiger partial charge in [-0.3, -0.25) is 4.79 Å². The van der Waals surface area contributed by atoms with Crippen molar-refractivity contribution in [2.24, 2.45) is 0 Å². The van der Waals surface area contributed by atoms with E-state index in [1.165, 1.54) is 34.2 Å². The molecule has 0 aliphatic heterocycles. The highest BCUT2D eigenvalue weighted by Gasteiger charge is 2.18. The number of rotatable bonds is 6. The van der Waals surface area contributed by atoms with Crippen molar-refractivity contribution >= 4 is 45.5 Å². The number of carbonyl (C=O) groups is 1. The zero-order valence-electron chi connectivity index (χ0n) is 16.7. The van der Waals surface area contributed by atoms with Crippen LogP contribution in [0.4, 0.5) is 16.5 Å². The van der Waals surface area contributed by atoms with E-state index in [1.54, 1.807) is 0 Å². The smallest absolute Gasteiger partial charge is 0.237 e. The molecule has 1 amide bonds. The second-order valence-electron chi connectivity index (χ2n) is 6.81. The predicted molar refractivity (Wildman–Crippen MR) is 119 cm³/mol. The van der Waals surface area contributed by atoms with Crippen molar-refractivity contribution < 1.29 is 4.79 Å². The van der Waals surface area contributed by atoms with Gasteiger partial charge in [0, 0.05) is 11.4 Å². The number of hydrogen-bond donors (Lipinski definition) is 2. The molecule has 2 N–H and O–H groups in total. The van der Waals surface area contributed by atoms with Crippen LogP contribution in [0.1, 0.15) is 29.2 Å². The van der Waals surface area contributed by atoms with Crippen molar-refractivity contribution in [2.75, 3.05) is 10.6 Å². The summed E-state index contributed by atoms with van der Waals surface area (Å²) < 4.78 is 0.760. The van der Waals surface area contributed by atoms with Crippen LogP contribution in [0, 0.1) is 27.7 Å². The van der Waals surface area contributed by atoms with Gasteiger partial charge >= 0.3 is 0 Å². The molecule has 0 radical (unpaired) electrons. The lowest BCUT2D eigenvalue weighted by atomic mass is 10.1. The number of amides is 1. The lowest BCUT2D eigenvalue weighted by Crippen LogP contribution is -2.23. The molecule has 7 heteroatoms. The minimum absolute atomic E-state index is 0.0405. The number of benzene rings is 2. The van der Waals surface area contributed by atoms with E-state index in [0.717, 1.165) is 26.8 Å². The van der Waals surface area contributed by atoms with Gasteiger partial charge in [-0.1, -0.05) is 47.4 Å². The molecule has 1 heterocycles. The Morgan fingerprint density at radius 2 is 1.71 bits per heavy atom. The SMILES string of the molecule is Cc1ccc(Nc2nnc(SC(C)C(=O)Nc3c(C)cccc3C)s2)cc1C. The van der Waals surface area contributed by atoms with E-state index < -0.39 is 0 Å². The van der Waals surface area contributed by atoms with E-state index in [4.69, 9.17) is 0 Å². The highest BCUT2D eigenvalue weighted by Crippen LogP contribution is 2.31. The number of aryl methyl sites for hydroxylation is 4. The molecule has 0 fully saturated rings. The zero-order chi connectivity index (χ0) is 20.3. The fraction of sp³-hybridized carbons (Fsp3) is 0.286. The Kier molecular flexibility index (Phi) is 6.36. The van der Waals surface area contributed by atoms with Crippen molar-refractivity contribution in [3.63, 3.8) is 0 Å². The van der Waals surface area contributed by atoms with Gasteiger partial charge in [0.25, 0.3) is 0 Å². The van der Waals surface area contributed by atoms with Crippen molar-refractivity contribution in [1.29, 1.82) is 0 Å². The highest BCUT2D eigenvalue weighted by molar-refractivity contribution is 8.02. The van der Waals surface area contributed by atoms with Crippen LogP contribution in [0.5, 0.6) is 0 Å². The Hall–Kier alpha value is -2.38. The molecular weight excluding hydrogens is 388 g/mol. The Balaban J connectivity index is 1.62. The largest absolute Gasteiger partial charge is 0.330 e. The van der Waals surface area contributed by atoms with Crippen molar-refractivity contribution in [3.8, 4) is 0 Å². The maximum absolute atomic E-state index is 12.6. The maximum Gasteiger partial charge on any atom is 0.237 e. The number of aromatic nitrogens is 2. The van der Waals surface area contributed by atoms with Gasteiger partial charge in [0.15, 0.2) is 4.34 Å². The van der Waals surface area contributed by atoms with Crippen LogP contribution in [-0.4, -0.2) is 21.4 Å². The quantitative estimate of drug-likeness (QED) is 0.513. The number of hydrogen-bond acceptors (Lipinski definition) is 6. The van der Waals surface area contributed by atoms with E-state index in [0.29, 0.717) is 5.13 Å². The van der Waals surface area contributed by atoms with Crippen LogP contribution in [0.3, 0.4) is 0 Å². The topological polar surface area (TPSA) is 66.9 Å². The van der Waals surface area contributed by atoms with Crippen molar-refractivity contribution in [3.05, 3.63) is 58.7 Å². The van der Waals surface area contributed by atoms with Crippen LogP contribution in [0.15, 0.2) is 40.7 Å². The number of anilines is 3. The Labute approximate surface area is 174 Å². The van der Waals surface area contributed by atoms with Gasteiger partial charge in [0.2, 0.25) is 11.0 Å². The average molecular weight is 413 g/mol. The fourth-order valence-electron chi connectivity index (χ4n) is 2.69. The molecule has 3 rings (SSSR count). The number of nitrogens with zero attached hydrogens (tertiary/aromatic N) is 2. The summed E-state index contributed by atoms with van der Waals surface area (Å²) in [5, 5.41) is 15.2. The molecule has 2 aromatic carbocycles. The van der Waals surface area contributed by atoms with Crippen LogP contribution >= 0.6 is 23.1 Å². The second kappa shape index (κ2) is 8.75. The predicted octanol–water partition coefficient (Wildman–Crippen LogP) is 5.63. The highest BCUT2D eigenvalue weighted by atomic mass is 32.2. The Bertz CT molecular complexity index is 980. The lowest BCUT2D eigenvalue weighted by Gasteiger charge is -2.14. The first-order valence-corrected chi connectivity index (χ1v) is 10.7. The molecule has 1 unspecified atom stereocenters. The number of thioether (sulfide) groups is 1. The molecule has 0 aliphatic carbocycles. The average Bonchev–Trinajstić information content (AvgIpc) is 3.08. The Morgan fingerprint density at radius 3 is 2.39 bits per heavy atom. The third-order valence-corrected chi connectivity index (χ3v) is 6.56. The van der Waals surface area contributed by atoms with Gasteiger partial charge in [-0.15, -0.1) is 10.2 Å². The summed E-state index contributed by atoms with van der Waals surface area (Å²) in [4.78, 5) is 12.6. The summed E-state index contributed by atoms with van der Waals surface area (Å²) in [6, 6.07) is 12.2. The number of nitrogens with one attached hydrogen (secondary N) is 2. The second-order valence-corrected chi connectivity index (χ2v) is 9.38. The van der Waals surface area contributed by atoms with E-state index in [1.807, 2.05) is 45.0 Å². The summed E-state index contributed by atoms with van der Waals surface area (Å²) in [6.07, 6.45) is 0. The molecule has 0 spiro atoms. The third-order valence-electron chi connectivity index (χ3n) is 4.54. The van der Waals surface area contributed by atoms with Gasteiger partial charge in [0.1, 0.15) is 0 Å². The molecule has 5 nitrogen and oxygen atoms in total. The van der Waals surface area contributed by atoms with Crippen molar-refractivity contribution in [2.45, 2.75) is 44.2 Å². The molecule has 0 aliphatic rings. The van der Waals surface area contributed by atoms with Gasteiger partial charge in [0.05, 0.1) is 5.25 Å². The molecule has 28 heavy (non-hydrogen) atoms. The first kappa shape index (κ1) is 20.4. The van der Waals surface area contributed by atoms with Crippen LogP contribution in [-0.2, 0) is 4.79 Å². The molecular formula is C21H24N4OS2. The fourth-order valence-corrected chi connectivity index (χ4v) is 4.61. The van der Waals surface area contributed by atoms with Gasteiger partial charge in [-0.2, -0.15) is 0 Å². The minimum atomic E-state index is -0.276. The summed E-state index contributed by atoms with van der Waals surface area (Å²) in [5.74, 6) is -0.0405. The molecule has 3 aromatic rings. The molecule has 0 saturated heterocycles. The van der Waals surface area contributed by atoms with Gasteiger partial charge in [-0.05, 0) is 69.0 Å². The third kappa shape index (κ3) is 4.91. The molecule has 0 saturated carbocycles. The number of para-hydroxylation sites is 1. The normalized spacial score (nSPS) is 11.9. The van der Waals surface area contributed by atoms with E-state index in [2.05, 4.69) is 46.8 Å².